The maximum atomic E-state index is 12.4. The third-order valence-corrected chi connectivity index (χ3v) is 5.75. The van der Waals surface area contributed by atoms with Crippen molar-refractivity contribution >= 4 is 29.1 Å². The van der Waals surface area contributed by atoms with E-state index in [9.17, 15) is 9.59 Å². The van der Waals surface area contributed by atoms with Crippen LogP contribution in [0.5, 0.6) is 0 Å². The molecule has 1 aliphatic rings. The highest BCUT2D eigenvalue weighted by Crippen LogP contribution is 2.18. The first-order valence-electron chi connectivity index (χ1n) is 10.0. The van der Waals surface area contributed by atoms with Crippen LogP contribution in [0.25, 0.3) is 0 Å². The van der Waals surface area contributed by atoms with E-state index in [1.807, 2.05) is 49.4 Å². The zero-order chi connectivity index (χ0) is 20.8. The molecule has 1 heterocycles. The SMILES string of the molecule is Cc1ccc(NC(=O)CN2CCC(C(=O)NCc3ccc(Cl)cc3)CC2)cc1C. The normalized spacial score (nSPS) is 15.1. The van der Waals surface area contributed by atoms with E-state index in [2.05, 4.69) is 22.5 Å². The van der Waals surface area contributed by atoms with Gasteiger partial charge >= 0.3 is 0 Å². The van der Waals surface area contributed by atoms with Crippen molar-refractivity contribution < 1.29 is 9.59 Å². The fourth-order valence-electron chi connectivity index (χ4n) is 3.51. The summed E-state index contributed by atoms with van der Waals surface area (Å²) >= 11 is 5.88. The van der Waals surface area contributed by atoms with E-state index >= 15 is 0 Å². The van der Waals surface area contributed by atoms with Gasteiger partial charge in [0.05, 0.1) is 6.54 Å². The molecule has 0 radical (unpaired) electrons. The Hall–Kier alpha value is -2.37. The minimum atomic E-state index is -0.0149. The Morgan fingerprint density at radius 3 is 2.38 bits per heavy atom. The number of hydrogen-bond donors (Lipinski definition) is 2. The molecule has 1 fully saturated rings. The van der Waals surface area contributed by atoms with E-state index in [1.165, 1.54) is 5.56 Å². The number of carbonyl (C=O) groups excluding carboxylic acids is 2. The Morgan fingerprint density at radius 2 is 1.72 bits per heavy atom. The summed E-state index contributed by atoms with van der Waals surface area (Å²) < 4.78 is 0. The van der Waals surface area contributed by atoms with Crippen LogP contribution in [-0.2, 0) is 16.1 Å². The summed E-state index contributed by atoms with van der Waals surface area (Å²) in [6.45, 7) is 6.45. The number of halogens is 1. The fourth-order valence-corrected chi connectivity index (χ4v) is 3.64. The lowest BCUT2D eigenvalue weighted by atomic mass is 9.96. The maximum Gasteiger partial charge on any atom is 0.238 e. The van der Waals surface area contributed by atoms with Gasteiger partial charge in [-0.25, -0.2) is 0 Å². The van der Waals surface area contributed by atoms with Crippen LogP contribution >= 0.6 is 11.6 Å². The molecule has 1 aliphatic heterocycles. The van der Waals surface area contributed by atoms with E-state index in [0.29, 0.717) is 18.1 Å². The van der Waals surface area contributed by atoms with Gasteiger partial charge in [0.15, 0.2) is 0 Å². The molecule has 0 saturated carbocycles. The van der Waals surface area contributed by atoms with Crippen LogP contribution < -0.4 is 10.6 Å². The standard InChI is InChI=1S/C23H28ClN3O2/c1-16-3-8-21(13-17(16)2)26-22(28)15-27-11-9-19(10-12-27)23(29)25-14-18-4-6-20(24)7-5-18/h3-8,13,19H,9-12,14-15H2,1-2H3,(H,25,29)(H,26,28). The van der Waals surface area contributed by atoms with Crippen molar-refractivity contribution in [3.05, 3.63) is 64.2 Å². The number of hydrogen-bond acceptors (Lipinski definition) is 3. The summed E-state index contributed by atoms with van der Waals surface area (Å²) in [5.41, 5.74) is 4.23. The first-order valence-corrected chi connectivity index (χ1v) is 10.4. The van der Waals surface area contributed by atoms with Gasteiger partial charge in [-0.15, -0.1) is 0 Å². The monoisotopic (exact) mass is 413 g/mol. The first kappa shape index (κ1) is 21.3. The van der Waals surface area contributed by atoms with Crippen molar-refractivity contribution in [3.8, 4) is 0 Å². The van der Waals surface area contributed by atoms with Crippen LogP contribution in [0.3, 0.4) is 0 Å². The minimum Gasteiger partial charge on any atom is -0.352 e. The number of aryl methyl sites for hydroxylation is 2. The zero-order valence-corrected chi connectivity index (χ0v) is 17.8. The van der Waals surface area contributed by atoms with E-state index in [4.69, 9.17) is 11.6 Å². The molecule has 29 heavy (non-hydrogen) atoms. The van der Waals surface area contributed by atoms with Crippen LogP contribution in [0.15, 0.2) is 42.5 Å². The summed E-state index contributed by atoms with van der Waals surface area (Å²) in [5.74, 6) is 0.0689. The number of piperidine rings is 1. The Morgan fingerprint density at radius 1 is 1.03 bits per heavy atom. The highest BCUT2D eigenvalue weighted by Gasteiger charge is 2.25. The largest absolute Gasteiger partial charge is 0.352 e. The summed E-state index contributed by atoms with van der Waals surface area (Å²) in [7, 11) is 0. The van der Waals surface area contributed by atoms with Gasteiger partial charge in [-0.3, -0.25) is 14.5 Å². The predicted molar refractivity (Wildman–Crippen MR) is 117 cm³/mol. The molecule has 2 amide bonds. The molecule has 5 nitrogen and oxygen atoms in total. The third kappa shape index (κ3) is 6.31. The highest BCUT2D eigenvalue weighted by molar-refractivity contribution is 6.30. The van der Waals surface area contributed by atoms with Crippen molar-refractivity contribution in [3.63, 3.8) is 0 Å². The van der Waals surface area contributed by atoms with Gasteiger partial charge in [-0.1, -0.05) is 29.8 Å². The molecule has 154 valence electrons. The number of nitrogens with zero attached hydrogens (tertiary/aromatic N) is 1. The summed E-state index contributed by atoms with van der Waals surface area (Å²) in [4.78, 5) is 26.9. The molecular formula is C23H28ClN3O2. The van der Waals surface area contributed by atoms with E-state index in [1.54, 1.807) is 0 Å². The van der Waals surface area contributed by atoms with Crippen molar-refractivity contribution in [1.82, 2.24) is 10.2 Å². The van der Waals surface area contributed by atoms with Gasteiger partial charge in [0, 0.05) is 23.2 Å². The van der Waals surface area contributed by atoms with E-state index < -0.39 is 0 Å². The molecule has 6 heteroatoms. The van der Waals surface area contributed by atoms with Gasteiger partial charge in [0.25, 0.3) is 0 Å². The molecule has 0 atom stereocenters. The van der Waals surface area contributed by atoms with Crippen molar-refractivity contribution in [2.24, 2.45) is 5.92 Å². The van der Waals surface area contributed by atoms with Crippen molar-refractivity contribution in [1.29, 1.82) is 0 Å². The van der Waals surface area contributed by atoms with Crippen molar-refractivity contribution in [2.45, 2.75) is 33.2 Å². The topological polar surface area (TPSA) is 61.4 Å². The average Bonchev–Trinajstić information content (AvgIpc) is 2.70. The summed E-state index contributed by atoms with van der Waals surface area (Å²) in [6, 6.07) is 13.4. The number of likely N-dealkylation sites (tertiary alicyclic amines) is 1. The van der Waals surface area contributed by atoms with E-state index in [0.717, 1.165) is 42.7 Å². The third-order valence-electron chi connectivity index (χ3n) is 5.50. The van der Waals surface area contributed by atoms with E-state index in [-0.39, 0.29) is 17.7 Å². The molecule has 2 N–H and O–H groups in total. The number of amides is 2. The van der Waals surface area contributed by atoms with Gasteiger partial charge in [0.1, 0.15) is 0 Å². The van der Waals surface area contributed by atoms with Crippen LogP contribution in [0, 0.1) is 19.8 Å². The molecule has 0 aliphatic carbocycles. The van der Waals surface area contributed by atoms with Crippen LogP contribution in [0.2, 0.25) is 5.02 Å². The number of anilines is 1. The lowest BCUT2D eigenvalue weighted by Crippen LogP contribution is -2.43. The minimum absolute atomic E-state index is 0.00126. The number of carbonyl (C=O) groups is 2. The van der Waals surface area contributed by atoms with Gasteiger partial charge in [0.2, 0.25) is 11.8 Å². The lowest BCUT2D eigenvalue weighted by molar-refractivity contribution is -0.126. The summed E-state index contributed by atoms with van der Waals surface area (Å²) in [5, 5.41) is 6.66. The first-order chi connectivity index (χ1) is 13.9. The molecule has 1 saturated heterocycles. The highest BCUT2D eigenvalue weighted by atomic mass is 35.5. The van der Waals surface area contributed by atoms with Crippen LogP contribution in [-0.4, -0.2) is 36.3 Å². The van der Waals surface area contributed by atoms with Crippen LogP contribution in [0.4, 0.5) is 5.69 Å². The van der Waals surface area contributed by atoms with Crippen molar-refractivity contribution in [2.75, 3.05) is 25.0 Å². The number of benzene rings is 2. The molecular weight excluding hydrogens is 386 g/mol. The molecule has 2 aromatic carbocycles. The Balaban J connectivity index is 1.40. The second-order valence-corrected chi connectivity index (χ2v) is 8.18. The van der Waals surface area contributed by atoms with Crippen LogP contribution in [0.1, 0.15) is 29.5 Å². The molecule has 0 spiro atoms. The van der Waals surface area contributed by atoms with Gasteiger partial charge in [-0.2, -0.15) is 0 Å². The number of rotatable bonds is 6. The van der Waals surface area contributed by atoms with Gasteiger partial charge in [-0.05, 0) is 80.7 Å². The zero-order valence-electron chi connectivity index (χ0n) is 17.0. The fraction of sp³-hybridized carbons (Fsp3) is 0.391. The predicted octanol–water partition coefficient (Wildman–Crippen LogP) is 3.92. The maximum absolute atomic E-state index is 12.4. The molecule has 0 unspecified atom stereocenters. The molecule has 0 aromatic heterocycles. The second-order valence-electron chi connectivity index (χ2n) is 7.74. The second kappa shape index (κ2) is 9.90. The molecule has 2 aromatic rings. The summed E-state index contributed by atoms with van der Waals surface area (Å²) in [6.07, 6.45) is 1.53. The molecule has 0 bridgehead atoms. The average molecular weight is 414 g/mol. The lowest BCUT2D eigenvalue weighted by Gasteiger charge is -2.30. The Kier molecular flexibility index (Phi) is 7.29. The smallest absolute Gasteiger partial charge is 0.238 e. The number of nitrogens with one attached hydrogen (secondary N) is 2. The Labute approximate surface area is 177 Å². The Bertz CT molecular complexity index is 859. The van der Waals surface area contributed by atoms with Gasteiger partial charge < -0.3 is 10.6 Å². The quantitative estimate of drug-likeness (QED) is 0.754. The molecule has 3 rings (SSSR count).